The van der Waals surface area contributed by atoms with Gasteiger partial charge in [0.2, 0.25) is 0 Å². The molecule has 27 heavy (non-hydrogen) atoms. The van der Waals surface area contributed by atoms with Crippen LogP contribution in [0.25, 0.3) is 0 Å². The van der Waals surface area contributed by atoms with E-state index in [-0.39, 0.29) is 29.2 Å². The highest BCUT2D eigenvalue weighted by Crippen LogP contribution is 2.32. The van der Waals surface area contributed by atoms with Crippen LogP contribution in [0.15, 0.2) is 28.7 Å². The van der Waals surface area contributed by atoms with Crippen molar-refractivity contribution in [2.24, 2.45) is 0 Å². The van der Waals surface area contributed by atoms with Crippen LogP contribution in [0.2, 0.25) is 0 Å². The van der Waals surface area contributed by atoms with Crippen LogP contribution in [0.3, 0.4) is 0 Å². The number of imide groups is 1. The number of nitrogens with one attached hydrogen (secondary N) is 1. The Kier molecular flexibility index (Phi) is 4.46. The van der Waals surface area contributed by atoms with Gasteiger partial charge in [-0.3, -0.25) is 9.69 Å². The number of methoxy groups -OCH3 is 1. The molecule has 0 spiro atoms. The quantitative estimate of drug-likeness (QED) is 0.653. The number of carbonyl (C=O) groups excluding carboxylic acids is 3. The van der Waals surface area contributed by atoms with E-state index in [1.807, 2.05) is 0 Å². The smallest absolute Gasteiger partial charge is 0.341 e. The predicted octanol–water partition coefficient (Wildman–Crippen LogP) is 2.62. The minimum absolute atomic E-state index is 0.165. The summed E-state index contributed by atoms with van der Waals surface area (Å²) in [5.41, 5.74) is -1.89. The molecule has 0 bridgehead atoms. The van der Waals surface area contributed by atoms with Gasteiger partial charge in [-0.05, 0) is 38.1 Å². The molecule has 9 heteroatoms. The summed E-state index contributed by atoms with van der Waals surface area (Å²) in [5.74, 6) is -2.52. The fourth-order valence-corrected chi connectivity index (χ4v) is 2.99. The van der Waals surface area contributed by atoms with Crippen molar-refractivity contribution in [3.8, 4) is 0 Å². The SMILES string of the molecule is COC(=O)c1cc(CN2C(=O)NC(C)(c3cc(F)ccc3F)C2=O)oc1C. The lowest BCUT2D eigenvalue weighted by Gasteiger charge is -2.22. The van der Waals surface area contributed by atoms with Crippen LogP contribution >= 0.6 is 0 Å². The standard InChI is InChI=1S/C18H16F2N2O5/c1-9-12(15(23)26-3)7-11(27-9)8-22-16(24)18(2,21-17(22)25)13-6-10(19)4-5-14(13)20/h4-7H,8H2,1-3H3,(H,21,25). The van der Waals surface area contributed by atoms with E-state index < -0.39 is 35.1 Å². The topological polar surface area (TPSA) is 88.9 Å². The number of furan rings is 1. The zero-order valence-electron chi connectivity index (χ0n) is 14.8. The second-order valence-corrected chi connectivity index (χ2v) is 6.24. The summed E-state index contributed by atoms with van der Waals surface area (Å²) in [5, 5.41) is 2.39. The largest absolute Gasteiger partial charge is 0.465 e. The molecule has 3 rings (SSSR count). The summed E-state index contributed by atoms with van der Waals surface area (Å²) >= 11 is 0. The van der Waals surface area contributed by atoms with Gasteiger partial charge in [0.15, 0.2) is 0 Å². The molecule has 3 amide bonds. The number of hydrogen-bond donors (Lipinski definition) is 1. The lowest BCUT2D eigenvalue weighted by Crippen LogP contribution is -2.41. The summed E-state index contributed by atoms with van der Waals surface area (Å²) in [6.07, 6.45) is 0. The minimum Gasteiger partial charge on any atom is -0.465 e. The number of urea groups is 1. The Balaban J connectivity index is 1.91. The van der Waals surface area contributed by atoms with E-state index in [0.29, 0.717) is 0 Å². The molecule has 2 aromatic rings. The third kappa shape index (κ3) is 3.05. The number of benzene rings is 1. The number of carbonyl (C=O) groups is 3. The number of ether oxygens (including phenoxy) is 1. The number of nitrogens with zero attached hydrogens (tertiary/aromatic N) is 1. The van der Waals surface area contributed by atoms with Crippen LogP contribution in [0.5, 0.6) is 0 Å². The van der Waals surface area contributed by atoms with Gasteiger partial charge in [0.05, 0.1) is 13.7 Å². The van der Waals surface area contributed by atoms with Crippen LogP contribution in [-0.2, 0) is 21.6 Å². The fraction of sp³-hybridized carbons (Fsp3) is 0.278. The van der Waals surface area contributed by atoms with Gasteiger partial charge < -0.3 is 14.5 Å². The molecule has 1 aromatic heterocycles. The second kappa shape index (κ2) is 6.49. The van der Waals surface area contributed by atoms with Crippen LogP contribution in [0, 0.1) is 18.6 Å². The van der Waals surface area contributed by atoms with E-state index in [0.717, 1.165) is 23.1 Å². The Labute approximate surface area is 152 Å². The van der Waals surface area contributed by atoms with E-state index >= 15 is 0 Å². The normalized spacial score (nSPS) is 19.4. The predicted molar refractivity (Wildman–Crippen MR) is 87.6 cm³/mol. The van der Waals surface area contributed by atoms with Gasteiger partial charge in [-0.15, -0.1) is 0 Å². The molecular weight excluding hydrogens is 362 g/mol. The molecule has 1 saturated heterocycles. The van der Waals surface area contributed by atoms with Crippen molar-refractivity contribution in [2.45, 2.75) is 25.9 Å². The Morgan fingerprint density at radius 2 is 2.00 bits per heavy atom. The molecular formula is C18H16F2N2O5. The summed E-state index contributed by atoms with van der Waals surface area (Å²) in [6, 6.07) is 3.24. The van der Waals surface area contributed by atoms with Gasteiger partial charge in [-0.25, -0.2) is 18.4 Å². The van der Waals surface area contributed by atoms with Crippen molar-refractivity contribution in [2.75, 3.05) is 7.11 Å². The number of hydrogen-bond acceptors (Lipinski definition) is 5. The Morgan fingerprint density at radius 1 is 1.30 bits per heavy atom. The average molecular weight is 378 g/mol. The maximum atomic E-state index is 14.1. The first-order valence-corrected chi connectivity index (χ1v) is 7.94. The molecule has 1 aromatic carbocycles. The van der Waals surface area contributed by atoms with Crippen molar-refractivity contribution in [3.05, 3.63) is 58.5 Å². The van der Waals surface area contributed by atoms with Crippen LogP contribution in [0.4, 0.5) is 13.6 Å². The number of amides is 3. The van der Waals surface area contributed by atoms with Crippen molar-refractivity contribution in [3.63, 3.8) is 0 Å². The van der Waals surface area contributed by atoms with Crippen molar-refractivity contribution in [1.29, 1.82) is 0 Å². The Bertz CT molecular complexity index is 955. The molecule has 0 radical (unpaired) electrons. The van der Waals surface area contributed by atoms with E-state index in [2.05, 4.69) is 10.1 Å². The van der Waals surface area contributed by atoms with Crippen LogP contribution in [0.1, 0.15) is 34.4 Å². The maximum absolute atomic E-state index is 14.1. The van der Waals surface area contributed by atoms with Crippen molar-refractivity contribution in [1.82, 2.24) is 10.2 Å². The third-order valence-corrected chi connectivity index (χ3v) is 4.43. The molecule has 0 saturated carbocycles. The summed E-state index contributed by atoms with van der Waals surface area (Å²) in [6.45, 7) is 2.54. The van der Waals surface area contributed by atoms with Gasteiger partial charge in [0, 0.05) is 5.56 Å². The highest BCUT2D eigenvalue weighted by molar-refractivity contribution is 6.07. The summed E-state index contributed by atoms with van der Waals surface area (Å²) < 4.78 is 37.7. The van der Waals surface area contributed by atoms with Crippen LogP contribution < -0.4 is 5.32 Å². The maximum Gasteiger partial charge on any atom is 0.341 e. The molecule has 1 N–H and O–H groups in total. The first kappa shape index (κ1) is 18.6. The molecule has 1 aliphatic rings. The number of halogens is 2. The average Bonchev–Trinajstić information content (AvgIpc) is 3.09. The highest BCUT2D eigenvalue weighted by Gasteiger charge is 2.50. The minimum atomic E-state index is -1.77. The Hall–Kier alpha value is -3.23. The van der Waals surface area contributed by atoms with E-state index in [9.17, 15) is 23.2 Å². The molecule has 1 fully saturated rings. The van der Waals surface area contributed by atoms with Gasteiger partial charge in [0.1, 0.15) is 34.3 Å². The zero-order chi connectivity index (χ0) is 19.9. The van der Waals surface area contributed by atoms with Gasteiger partial charge >= 0.3 is 12.0 Å². The summed E-state index contributed by atoms with van der Waals surface area (Å²) in [7, 11) is 1.21. The van der Waals surface area contributed by atoms with Crippen LogP contribution in [-0.4, -0.2) is 29.9 Å². The fourth-order valence-electron chi connectivity index (χ4n) is 2.99. The first-order valence-electron chi connectivity index (χ1n) is 7.94. The van der Waals surface area contributed by atoms with Gasteiger partial charge in [0.25, 0.3) is 5.91 Å². The van der Waals surface area contributed by atoms with Crippen molar-refractivity contribution < 1.29 is 32.3 Å². The monoisotopic (exact) mass is 378 g/mol. The molecule has 1 atom stereocenters. The number of rotatable bonds is 4. The van der Waals surface area contributed by atoms with E-state index in [1.165, 1.54) is 27.0 Å². The second-order valence-electron chi connectivity index (χ2n) is 6.24. The van der Waals surface area contributed by atoms with E-state index in [4.69, 9.17) is 4.42 Å². The third-order valence-electron chi connectivity index (χ3n) is 4.43. The Morgan fingerprint density at radius 3 is 2.67 bits per heavy atom. The van der Waals surface area contributed by atoms with E-state index in [1.54, 1.807) is 0 Å². The summed E-state index contributed by atoms with van der Waals surface area (Å²) in [4.78, 5) is 37.6. The molecule has 1 unspecified atom stereocenters. The zero-order valence-corrected chi connectivity index (χ0v) is 14.8. The van der Waals surface area contributed by atoms with Gasteiger partial charge in [-0.2, -0.15) is 0 Å². The molecule has 7 nitrogen and oxygen atoms in total. The molecule has 0 aliphatic carbocycles. The molecule has 2 heterocycles. The number of aryl methyl sites for hydroxylation is 1. The highest BCUT2D eigenvalue weighted by atomic mass is 19.1. The molecule has 142 valence electrons. The first-order chi connectivity index (χ1) is 12.7. The molecule has 1 aliphatic heterocycles. The van der Waals surface area contributed by atoms with Gasteiger partial charge in [-0.1, -0.05) is 0 Å². The lowest BCUT2D eigenvalue weighted by molar-refractivity contribution is -0.131. The number of esters is 1. The van der Waals surface area contributed by atoms with Crippen molar-refractivity contribution >= 4 is 17.9 Å². The lowest BCUT2D eigenvalue weighted by atomic mass is 9.91.